The van der Waals surface area contributed by atoms with E-state index in [1.807, 2.05) is 11.6 Å². The lowest BCUT2D eigenvalue weighted by Gasteiger charge is -2.36. The normalized spacial score (nSPS) is 13.7. The molecule has 0 radical (unpaired) electrons. The lowest BCUT2D eigenvalue weighted by atomic mass is 9.86. The largest absolute Gasteiger partial charge is 0.493 e. The van der Waals surface area contributed by atoms with E-state index < -0.39 is 0 Å². The van der Waals surface area contributed by atoms with Crippen molar-refractivity contribution in [1.82, 2.24) is 9.78 Å². The summed E-state index contributed by atoms with van der Waals surface area (Å²) in [6, 6.07) is -0.255. The number of hydrogen-bond acceptors (Lipinski definition) is 4. The Morgan fingerprint density at radius 2 is 1.94 bits per heavy atom. The first-order chi connectivity index (χ1) is 8.60. The molecule has 0 fully saturated rings. The molecule has 0 saturated carbocycles. The van der Waals surface area contributed by atoms with Crippen LogP contribution < -0.4 is 10.5 Å². The minimum Gasteiger partial charge on any atom is -0.493 e. The van der Waals surface area contributed by atoms with E-state index in [0.29, 0.717) is 0 Å². The summed E-state index contributed by atoms with van der Waals surface area (Å²) >= 11 is 0. The summed E-state index contributed by atoms with van der Waals surface area (Å²) in [5.74, 6) is 0.729. The first kappa shape index (κ1) is 15.0. The molecule has 0 aliphatic heterocycles. The summed E-state index contributed by atoms with van der Waals surface area (Å²) in [6.07, 6.45) is 3.41. The van der Waals surface area contributed by atoms with Crippen molar-refractivity contribution in [2.45, 2.75) is 51.8 Å². The van der Waals surface area contributed by atoms with E-state index in [9.17, 15) is 0 Å². The highest BCUT2D eigenvalue weighted by Crippen LogP contribution is 2.36. The molecule has 1 aromatic rings. The average Bonchev–Trinajstić information content (AvgIpc) is 2.83. The molecule has 0 bridgehead atoms. The SMILES string of the molecule is CCn1ncc(OC)c1C(N)C(CC)(CC)OC. The maximum atomic E-state index is 6.44. The van der Waals surface area contributed by atoms with E-state index in [1.165, 1.54) is 0 Å². The van der Waals surface area contributed by atoms with Crippen LogP contribution in [0.5, 0.6) is 5.75 Å². The van der Waals surface area contributed by atoms with E-state index in [0.717, 1.165) is 30.8 Å². The number of methoxy groups -OCH3 is 2. The first-order valence-electron chi connectivity index (χ1n) is 6.50. The molecule has 104 valence electrons. The minimum absolute atomic E-state index is 0.255. The topological polar surface area (TPSA) is 62.3 Å². The van der Waals surface area contributed by atoms with Crippen molar-refractivity contribution in [3.63, 3.8) is 0 Å². The molecule has 5 heteroatoms. The molecule has 0 amide bonds. The Hall–Kier alpha value is -1.07. The quantitative estimate of drug-likeness (QED) is 0.810. The van der Waals surface area contributed by atoms with Gasteiger partial charge in [0.15, 0.2) is 5.75 Å². The molecule has 0 spiro atoms. The summed E-state index contributed by atoms with van der Waals surface area (Å²) in [6.45, 7) is 6.98. The molecule has 1 heterocycles. The molecule has 0 saturated heterocycles. The van der Waals surface area contributed by atoms with Gasteiger partial charge in [0.1, 0.15) is 0 Å². The zero-order valence-electron chi connectivity index (χ0n) is 12.1. The van der Waals surface area contributed by atoms with Crippen LogP contribution in [0.3, 0.4) is 0 Å². The zero-order chi connectivity index (χ0) is 13.8. The Balaban J connectivity index is 3.22. The van der Waals surface area contributed by atoms with Gasteiger partial charge in [-0.2, -0.15) is 5.10 Å². The highest BCUT2D eigenvalue weighted by Gasteiger charge is 2.38. The maximum absolute atomic E-state index is 6.44. The maximum Gasteiger partial charge on any atom is 0.161 e. The summed E-state index contributed by atoms with van der Waals surface area (Å²) in [4.78, 5) is 0. The number of nitrogens with zero attached hydrogens (tertiary/aromatic N) is 2. The Kier molecular flexibility index (Phi) is 5.16. The second-order valence-electron chi connectivity index (χ2n) is 4.37. The number of rotatable bonds is 7. The van der Waals surface area contributed by atoms with Gasteiger partial charge in [-0.15, -0.1) is 0 Å². The van der Waals surface area contributed by atoms with E-state index in [2.05, 4.69) is 18.9 Å². The van der Waals surface area contributed by atoms with Gasteiger partial charge in [0.25, 0.3) is 0 Å². The molecule has 0 aliphatic rings. The van der Waals surface area contributed by atoms with Crippen LogP contribution in [0.4, 0.5) is 0 Å². The van der Waals surface area contributed by atoms with Gasteiger partial charge in [-0.05, 0) is 19.8 Å². The van der Waals surface area contributed by atoms with Crippen LogP contribution >= 0.6 is 0 Å². The zero-order valence-corrected chi connectivity index (χ0v) is 12.1. The fourth-order valence-electron chi connectivity index (χ4n) is 2.46. The molecule has 18 heavy (non-hydrogen) atoms. The number of nitrogens with two attached hydrogens (primary N) is 1. The van der Waals surface area contributed by atoms with Gasteiger partial charge in [0.05, 0.1) is 30.6 Å². The molecule has 1 unspecified atom stereocenters. The molecule has 0 aromatic carbocycles. The van der Waals surface area contributed by atoms with Crippen LogP contribution in [-0.2, 0) is 11.3 Å². The lowest BCUT2D eigenvalue weighted by molar-refractivity contribution is -0.0409. The van der Waals surface area contributed by atoms with Crippen molar-refractivity contribution in [3.05, 3.63) is 11.9 Å². The Morgan fingerprint density at radius 3 is 2.33 bits per heavy atom. The second kappa shape index (κ2) is 6.20. The standard InChI is InChI=1S/C13H25N3O2/c1-6-13(7-2,18-5)12(14)11-10(17-4)9-15-16(11)8-3/h9,12H,6-8,14H2,1-5H3. The summed E-state index contributed by atoms with van der Waals surface area (Å²) < 4.78 is 12.9. The van der Waals surface area contributed by atoms with Gasteiger partial charge in [0.2, 0.25) is 0 Å². The summed E-state index contributed by atoms with van der Waals surface area (Å²) in [5.41, 5.74) is 6.97. The van der Waals surface area contributed by atoms with Gasteiger partial charge in [-0.25, -0.2) is 0 Å². The van der Waals surface area contributed by atoms with Crippen LogP contribution in [0.1, 0.15) is 45.3 Å². The van der Waals surface area contributed by atoms with Crippen molar-refractivity contribution in [1.29, 1.82) is 0 Å². The van der Waals surface area contributed by atoms with E-state index >= 15 is 0 Å². The van der Waals surface area contributed by atoms with Crippen molar-refractivity contribution >= 4 is 0 Å². The minimum atomic E-state index is -0.375. The van der Waals surface area contributed by atoms with E-state index in [-0.39, 0.29) is 11.6 Å². The van der Waals surface area contributed by atoms with Crippen LogP contribution in [0.2, 0.25) is 0 Å². The molecular formula is C13H25N3O2. The highest BCUT2D eigenvalue weighted by molar-refractivity contribution is 5.30. The highest BCUT2D eigenvalue weighted by atomic mass is 16.5. The van der Waals surface area contributed by atoms with Crippen molar-refractivity contribution in [2.24, 2.45) is 5.73 Å². The molecule has 1 atom stereocenters. The van der Waals surface area contributed by atoms with Gasteiger partial charge in [0, 0.05) is 13.7 Å². The Bertz CT molecular complexity index is 343. The molecule has 1 aromatic heterocycles. The smallest absolute Gasteiger partial charge is 0.161 e. The van der Waals surface area contributed by atoms with Gasteiger partial charge < -0.3 is 15.2 Å². The van der Waals surface area contributed by atoms with Crippen LogP contribution in [-0.4, -0.2) is 29.6 Å². The Morgan fingerprint density at radius 1 is 1.33 bits per heavy atom. The van der Waals surface area contributed by atoms with Crippen LogP contribution in [0.15, 0.2) is 6.20 Å². The second-order valence-corrected chi connectivity index (χ2v) is 4.37. The predicted octanol–water partition coefficient (Wildman–Crippen LogP) is 2.12. The number of hydrogen-bond donors (Lipinski definition) is 1. The molecule has 0 aliphatic carbocycles. The molecule has 5 nitrogen and oxygen atoms in total. The third kappa shape index (κ3) is 2.37. The van der Waals surface area contributed by atoms with Crippen molar-refractivity contribution in [2.75, 3.05) is 14.2 Å². The monoisotopic (exact) mass is 255 g/mol. The van der Waals surface area contributed by atoms with Gasteiger partial charge >= 0.3 is 0 Å². The average molecular weight is 255 g/mol. The van der Waals surface area contributed by atoms with Crippen LogP contribution in [0.25, 0.3) is 0 Å². The Labute approximate surface area is 109 Å². The molecule has 1 rings (SSSR count). The number of aryl methyl sites for hydroxylation is 1. The van der Waals surface area contributed by atoms with Crippen molar-refractivity contribution in [3.8, 4) is 5.75 Å². The number of aromatic nitrogens is 2. The molecule has 2 N–H and O–H groups in total. The van der Waals surface area contributed by atoms with Gasteiger partial charge in [-0.1, -0.05) is 13.8 Å². The summed E-state index contributed by atoms with van der Waals surface area (Å²) in [7, 11) is 3.35. The lowest BCUT2D eigenvalue weighted by Crippen LogP contribution is -2.43. The molecular weight excluding hydrogens is 230 g/mol. The van der Waals surface area contributed by atoms with E-state index in [1.54, 1.807) is 20.4 Å². The van der Waals surface area contributed by atoms with Gasteiger partial charge in [-0.3, -0.25) is 4.68 Å². The summed E-state index contributed by atoms with van der Waals surface area (Å²) in [5, 5.41) is 4.30. The third-order valence-electron chi connectivity index (χ3n) is 3.83. The predicted molar refractivity (Wildman–Crippen MR) is 71.7 cm³/mol. The van der Waals surface area contributed by atoms with Crippen molar-refractivity contribution < 1.29 is 9.47 Å². The fourth-order valence-corrected chi connectivity index (χ4v) is 2.46. The van der Waals surface area contributed by atoms with Crippen LogP contribution in [0, 0.1) is 0 Å². The first-order valence-corrected chi connectivity index (χ1v) is 6.50. The number of ether oxygens (including phenoxy) is 2. The fraction of sp³-hybridized carbons (Fsp3) is 0.769. The van der Waals surface area contributed by atoms with E-state index in [4.69, 9.17) is 15.2 Å². The third-order valence-corrected chi connectivity index (χ3v) is 3.83.